The van der Waals surface area contributed by atoms with E-state index in [1.807, 2.05) is 0 Å². The first kappa shape index (κ1) is 9.73. The Morgan fingerprint density at radius 1 is 1.57 bits per heavy atom. The molecule has 1 aromatic rings. The molecule has 0 saturated carbocycles. The molecule has 1 saturated heterocycles. The number of rotatable bonds is 2. The fraction of sp³-hybridized carbons (Fsp3) is 0.556. The highest BCUT2D eigenvalue weighted by Gasteiger charge is 2.33. The van der Waals surface area contributed by atoms with Gasteiger partial charge >= 0.3 is 0 Å². The fourth-order valence-electron chi connectivity index (χ4n) is 1.79. The molecule has 1 aliphatic heterocycles. The van der Waals surface area contributed by atoms with Crippen LogP contribution in [-0.4, -0.2) is 25.0 Å². The summed E-state index contributed by atoms with van der Waals surface area (Å²) in [6.45, 7) is 0. The van der Waals surface area contributed by atoms with Gasteiger partial charge in [-0.3, -0.25) is 0 Å². The highest BCUT2D eigenvalue weighted by atomic mass is 32.2. The lowest BCUT2D eigenvalue weighted by Gasteiger charge is -2.14. The molecule has 78 valence electrons. The standard InChI is InChI=1S/C9H12O4S/c10-9(7-1-3-13-5-7)8-2-4-14(11,12)6-8/h1,3,5,8-10H,2,4,6H2. The molecular weight excluding hydrogens is 204 g/mol. The van der Waals surface area contributed by atoms with Gasteiger partial charge in [-0.05, 0) is 12.5 Å². The molecule has 1 fully saturated rings. The maximum atomic E-state index is 11.2. The second kappa shape index (κ2) is 3.40. The summed E-state index contributed by atoms with van der Waals surface area (Å²) in [5.41, 5.74) is 0.659. The van der Waals surface area contributed by atoms with Crippen LogP contribution in [0.15, 0.2) is 23.0 Å². The first-order valence-electron chi connectivity index (χ1n) is 4.49. The Hall–Kier alpha value is -0.810. The molecule has 2 rings (SSSR count). The van der Waals surface area contributed by atoms with Crippen molar-refractivity contribution in [2.24, 2.45) is 5.92 Å². The Kier molecular flexibility index (Phi) is 2.36. The number of aliphatic hydroxyl groups is 1. The first-order valence-corrected chi connectivity index (χ1v) is 6.31. The third kappa shape index (κ3) is 1.83. The van der Waals surface area contributed by atoms with Gasteiger partial charge in [0.05, 0.1) is 30.1 Å². The Balaban J connectivity index is 2.11. The average molecular weight is 216 g/mol. The summed E-state index contributed by atoms with van der Waals surface area (Å²) in [6, 6.07) is 1.66. The van der Waals surface area contributed by atoms with E-state index in [1.165, 1.54) is 12.5 Å². The van der Waals surface area contributed by atoms with Gasteiger partial charge in [0.1, 0.15) is 0 Å². The van der Waals surface area contributed by atoms with Crippen LogP contribution in [0.1, 0.15) is 18.1 Å². The molecule has 2 heterocycles. The van der Waals surface area contributed by atoms with Gasteiger partial charge in [-0.1, -0.05) is 0 Å². The molecule has 0 aromatic carbocycles. The minimum absolute atomic E-state index is 0.0827. The van der Waals surface area contributed by atoms with Crippen molar-refractivity contribution in [3.05, 3.63) is 24.2 Å². The lowest BCUT2D eigenvalue weighted by Crippen LogP contribution is -2.13. The van der Waals surface area contributed by atoms with Crippen molar-refractivity contribution in [1.29, 1.82) is 0 Å². The highest BCUT2D eigenvalue weighted by molar-refractivity contribution is 7.91. The number of furan rings is 1. The topological polar surface area (TPSA) is 67.5 Å². The summed E-state index contributed by atoms with van der Waals surface area (Å²) in [5.74, 6) is 0.0870. The summed E-state index contributed by atoms with van der Waals surface area (Å²) < 4.78 is 27.2. The predicted octanol–water partition coefficient (Wildman–Crippen LogP) is 0.748. The minimum atomic E-state index is -2.92. The summed E-state index contributed by atoms with van der Waals surface area (Å²) >= 11 is 0. The van der Waals surface area contributed by atoms with E-state index in [1.54, 1.807) is 6.07 Å². The number of hydrogen-bond donors (Lipinski definition) is 1. The molecule has 2 atom stereocenters. The van der Waals surface area contributed by atoms with E-state index in [2.05, 4.69) is 0 Å². The van der Waals surface area contributed by atoms with Crippen LogP contribution in [0, 0.1) is 5.92 Å². The van der Waals surface area contributed by atoms with Gasteiger partial charge in [-0.25, -0.2) is 8.42 Å². The summed E-state index contributed by atoms with van der Waals surface area (Å²) in [7, 11) is -2.92. The predicted molar refractivity (Wildman–Crippen MR) is 50.4 cm³/mol. The van der Waals surface area contributed by atoms with Crippen LogP contribution in [-0.2, 0) is 9.84 Å². The largest absolute Gasteiger partial charge is 0.472 e. The maximum Gasteiger partial charge on any atom is 0.150 e. The highest BCUT2D eigenvalue weighted by Crippen LogP contribution is 2.31. The average Bonchev–Trinajstić information content (AvgIpc) is 2.72. The van der Waals surface area contributed by atoms with Crippen LogP contribution in [0.4, 0.5) is 0 Å². The molecule has 2 unspecified atom stereocenters. The van der Waals surface area contributed by atoms with Crippen molar-refractivity contribution < 1.29 is 17.9 Å². The SMILES string of the molecule is O=S1(=O)CCC(C(O)c2ccoc2)C1. The molecule has 14 heavy (non-hydrogen) atoms. The van der Waals surface area contributed by atoms with Crippen LogP contribution < -0.4 is 0 Å². The lowest BCUT2D eigenvalue weighted by atomic mass is 9.97. The third-order valence-corrected chi connectivity index (χ3v) is 4.39. The van der Waals surface area contributed by atoms with Crippen molar-refractivity contribution in [3.8, 4) is 0 Å². The van der Waals surface area contributed by atoms with E-state index in [4.69, 9.17) is 4.42 Å². The van der Waals surface area contributed by atoms with Gasteiger partial charge in [0.15, 0.2) is 9.84 Å². The van der Waals surface area contributed by atoms with Crippen LogP contribution in [0.5, 0.6) is 0 Å². The Morgan fingerprint density at radius 3 is 2.86 bits per heavy atom. The van der Waals surface area contributed by atoms with Crippen molar-refractivity contribution >= 4 is 9.84 Å². The zero-order valence-electron chi connectivity index (χ0n) is 7.59. The monoisotopic (exact) mass is 216 g/mol. The molecule has 1 aromatic heterocycles. The molecule has 0 radical (unpaired) electrons. The molecular formula is C9H12O4S. The van der Waals surface area contributed by atoms with E-state index < -0.39 is 15.9 Å². The van der Waals surface area contributed by atoms with Crippen LogP contribution in [0.2, 0.25) is 0 Å². The number of hydrogen-bond acceptors (Lipinski definition) is 4. The molecule has 1 N–H and O–H groups in total. The molecule has 0 spiro atoms. The maximum absolute atomic E-state index is 11.2. The molecule has 4 nitrogen and oxygen atoms in total. The van der Waals surface area contributed by atoms with Gasteiger partial charge in [0.25, 0.3) is 0 Å². The number of sulfone groups is 1. The molecule has 0 aliphatic carbocycles. The summed E-state index contributed by atoms with van der Waals surface area (Å²) in [5, 5.41) is 9.82. The summed E-state index contributed by atoms with van der Waals surface area (Å²) in [4.78, 5) is 0. The van der Waals surface area contributed by atoms with Gasteiger partial charge in [-0.15, -0.1) is 0 Å². The van der Waals surface area contributed by atoms with Crippen molar-refractivity contribution in [2.75, 3.05) is 11.5 Å². The normalized spacial score (nSPS) is 27.6. The van der Waals surface area contributed by atoms with E-state index in [0.29, 0.717) is 12.0 Å². The third-order valence-electron chi connectivity index (χ3n) is 2.60. The van der Waals surface area contributed by atoms with Crippen LogP contribution in [0.25, 0.3) is 0 Å². The van der Waals surface area contributed by atoms with Gasteiger partial charge in [-0.2, -0.15) is 0 Å². The van der Waals surface area contributed by atoms with Crippen LogP contribution in [0.3, 0.4) is 0 Å². The Labute approximate surface area is 82.5 Å². The first-order chi connectivity index (χ1) is 6.58. The number of aliphatic hydroxyl groups excluding tert-OH is 1. The van der Waals surface area contributed by atoms with Crippen molar-refractivity contribution in [2.45, 2.75) is 12.5 Å². The van der Waals surface area contributed by atoms with E-state index >= 15 is 0 Å². The van der Waals surface area contributed by atoms with E-state index in [9.17, 15) is 13.5 Å². The smallest absolute Gasteiger partial charge is 0.150 e. The second-order valence-electron chi connectivity index (χ2n) is 3.66. The molecule has 1 aliphatic rings. The fourth-order valence-corrected chi connectivity index (χ4v) is 3.62. The van der Waals surface area contributed by atoms with E-state index in [-0.39, 0.29) is 17.4 Å². The van der Waals surface area contributed by atoms with Gasteiger partial charge < -0.3 is 9.52 Å². The quantitative estimate of drug-likeness (QED) is 0.792. The molecule has 5 heteroatoms. The van der Waals surface area contributed by atoms with Crippen molar-refractivity contribution in [1.82, 2.24) is 0 Å². The van der Waals surface area contributed by atoms with Crippen molar-refractivity contribution in [3.63, 3.8) is 0 Å². The summed E-state index contributed by atoms with van der Waals surface area (Å²) in [6.07, 6.45) is 2.75. The zero-order chi connectivity index (χ0) is 10.2. The Morgan fingerprint density at radius 2 is 2.36 bits per heavy atom. The van der Waals surface area contributed by atoms with E-state index in [0.717, 1.165) is 0 Å². The molecule has 0 bridgehead atoms. The van der Waals surface area contributed by atoms with Crippen LogP contribution >= 0.6 is 0 Å². The Bertz CT molecular complexity index is 392. The lowest BCUT2D eigenvalue weighted by molar-refractivity contribution is 0.120. The van der Waals surface area contributed by atoms with Gasteiger partial charge in [0, 0.05) is 11.5 Å². The second-order valence-corrected chi connectivity index (χ2v) is 5.89. The van der Waals surface area contributed by atoms with Gasteiger partial charge in [0.2, 0.25) is 0 Å². The minimum Gasteiger partial charge on any atom is -0.472 e. The molecule has 0 amide bonds. The zero-order valence-corrected chi connectivity index (χ0v) is 8.40.